The van der Waals surface area contributed by atoms with Gasteiger partial charge in [0, 0.05) is 25.3 Å². The molecular formula is C12H15ClN4S. The summed E-state index contributed by atoms with van der Waals surface area (Å²) >= 11 is 11.6. The predicted molar refractivity (Wildman–Crippen MR) is 75.6 cm³/mol. The molecule has 0 aliphatic heterocycles. The van der Waals surface area contributed by atoms with Gasteiger partial charge < -0.3 is 14.5 Å². The smallest absolute Gasteiger partial charge is 0.178 e. The summed E-state index contributed by atoms with van der Waals surface area (Å²) in [5, 5.41) is 0.647. The van der Waals surface area contributed by atoms with Gasteiger partial charge in [-0.3, -0.25) is 4.98 Å². The normalized spacial score (nSPS) is 15.7. The fraction of sp³-hybridized carbons (Fsp3) is 0.500. The third kappa shape index (κ3) is 2.18. The fourth-order valence-corrected chi connectivity index (χ4v) is 2.80. The molecule has 0 unspecified atom stereocenters. The van der Waals surface area contributed by atoms with Crippen LogP contribution in [0, 0.1) is 4.77 Å². The summed E-state index contributed by atoms with van der Waals surface area (Å²) < 4.78 is 2.78. The van der Waals surface area contributed by atoms with Gasteiger partial charge in [-0.2, -0.15) is 0 Å². The molecule has 1 N–H and O–H groups in total. The minimum absolute atomic E-state index is 0.647. The molecule has 2 aromatic heterocycles. The lowest BCUT2D eigenvalue weighted by molar-refractivity contribution is 0.310. The molecule has 3 rings (SSSR count). The van der Waals surface area contributed by atoms with Crippen LogP contribution in [0.5, 0.6) is 0 Å². The lowest BCUT2D eigenvalue weighted by atomic mass is 10.4. The molecule has 96 valence electrons. The summed E-state index contributed by atoms with van der Waals surface area (Å²) in [5.41, 5.74) is 1.86. The maximum Gasteiger partial charge on any atom is 0.178 e. The SMILES string of the molecule is CN(CCn1c(=S)[nH]c2cncc(Cl)c21)C1CC1. The lowest BCUT2D eigenvalue weighted by Gasteiger charge is -2.16. The van der Waals surface area contributed by atoms with Crippen molar-refractivity contribution >= 4 is 34.9 Å². The number of halogens is 1. The molecule has 1 aliphatic carbocycles. The first kappa shape index (κ1) is 12.1. The topological polar surface area (TPSA) is 36.9 Å². The first-order valence-electron chi connectivity index (χ1n) is 6.09. The summed E-state index contributed by atoms with van der Waals surface area (Å²) in [5.74, 6) is 0. The number of fused-ring (bicyclic) bond motifs is 1. The highest BCUT2D eigenvalue weighted by atomic mass is 35.5. The first-order valence-corrected chi connectivity index (χ1v) is 6.87. The maximum absolute atomic E-state index is 6.20. The number of rotatable bonds is 4. The number of imidazole rings is 1. The molecule has 6 heteroatoms. The second-order valence-corrected chi connectivity index (χ2v) is 5.60. The van der Waals surface area contributed by atoms with E-state index in [0.29, 0.717) is 9.79 Å². The minimum Gasteiger partial charge on any atom is -0.329 e. The number of H-pyrrole nitrogens is 1. The Kier molecular flexibility index (Phi) is 3.13. The molecule has 1 fully saturated rings. The Morgan fingerprint density at radius 1 is 1.56 bits per heavy atom. The predicted octanol–water partition coefficient (Wildman–Crippen LogP) is 2.84. The Morgan fingerprint density at radius 3 is 3.06 bits per heavy atom. The van der Waals surface area contributed by atoms with E-state index >= 15 is 0 Å². The summed E-state index contributed by atoms with van der Waals surface area (Å²) in [6.07, 6.45) is 6.06. The Balaban J connectivity index is 1.90. The van der Waals surface area contributed by atoms with Crippen molar-refractivity contribution in [2.24, 2.45) is 0 Å². The van der Waals surface area contributed by atoms with Gasteiger partial charge in [0.1, 0.15) is 0 Å². The Hall–Kier alpha value is -0.910. The highest BCUT2D eigenvalue weighted by molar-refractivity contribution is 7.71. The number of pyridine rings is 1. The number of aromatic amines is 1. The molecule has 0 saturated heterocycles. The Morgan fingerprint density at radius 2 is 2.33 bits per heavy atom. The molecule has 2 heterocycles. The van der Waals surface area contributed by atoms with Gasteiger partial charge in [0.2, 0.25) is 0 Å². The van der Waals surface area contributed by atoms with Crippen molar-refractivity contribution in [2.45, 2.75) is 25.4 Å². The lowest BCUT2D eigenvalue weighted by Crippen LogP contribution is -2.25. The molecule has 0 bridgehead atoms. The monoisotopic (exact) mass is 282 g/mol. The third-order valence-corrected chi connectivity index (χ3v) is 4.08. The summed E-state index contributed by atoms with van der Waals surface area (Å²) in [4.78, 5) is 9.60. The quantitative estimate of drug-likeness (QED) is 0.876. The number of nitrogens with one attached hydrogen (secondary N) is 1. The van der Waals surface area contributed by atoms with Crippen molar-refractivity contribution in [1.82, 2.24) is 19.4 Å². The average molecular weight is 283 g/mol. The molecule has 0 aromatic carbocycles. The zero-order valence-electron chi connectivity index (χ0n) is 10.2. The first-order chi connectivity index (χ1) is 8.66. The van der Waals surface area contributed by atoms with Crippen molar-refractivity contribution in [2.75, 3.05) is 13.6 Å². The van der Waals surface area contributed by atoms with Crippen molar-refractivity contribution in [1.29, 1.82) is 0 Å². The van der Waals surface area contributed by atoms with E-state index in [2.05, 4.69) is 26.5 Å². The van der Waals surface area contributed by atoms with Crippen LogP contribution in [0.3, 0.4) is 0 Å². The van der Waals surface area contributed by atoms with Crippen LogP contribution in [0.25, 0.3) is 11.0 Å². The molecule has 18 heavy (non-hydrogen) atoms. The van der Waals surface area contributed by atoms with Gasteiger partial charge in [0.15, 0.2) is 4.77 Å². The number of hydrogen-bond acceptors (Lipinski definition) is 3. The van der Waals surface area contributed by atoms with Gasteiger partial charge >= 0.3 is 0 Å². The van der Waals surface area contributed by atoms with Crippen LogP contribution in [-0.4, -0.2) is 39.1 Å². The van der Waals surface area contributed by atoms with E-state index in [4.69, 9.17) is 23.8 Å². The average Bonchev–Trinajstić information content (AvgIpc) is 3.11. The van der Waals surface area contributed by atoms with E-state index in [0.717, 1.165) is 30.2 Å². The Bertz CT molecular complexity index is 629. The molecule has 0 spiro atoms. The summed E-state index contributed by atoms with van der Waals surface area (Å²) in [7, 11) is 2.17. The highest BCUT2D eigenvalue weighted by Gasteiger charge is 2.25. The molecule has 2 aromatic rings. The van der Waals surface area contributed by atoms with Crippen molar-refractivity contribution in [3.63, 3.8) is 0 Å². The van der Waals surface area contributed by atoms with Gasteiger partial charge in [-0.05, 0) is 32.1 Å². The van der Waals surface area contributed by atoms with Crippen LogP contribution >= 0.6 is 23.8 Å². The van der Waals surface area contributed by atoms with Gasteiger partial charge in [-0.25, -0.2) is 0 Å². The van der Waals surface area contributed by atoms with E-state index < -0.39 is 0 Å². The van der Waals surface area contributed by atoms with Gasteiger partial charge in [0.25, 0.3) is 0 Å². The van der Waals surface area contributed by atoms with Crippen molar-refractivity contribution in [3.8, 4) is 0 Å². The zero-order valence-corrected chi connectivity index (χ0v) is 11.8. The van der Waals surface area contributed by atoms with Crippen molar-refractivity contribution < 1.29 is 0 Å². The van der Waals surface area contributed by atoms with Gasteiger partial charge in [0.05, 0.1) is 22.3 Å². The standard InChI is InChI=1S/C12H15ClN4S/c1-16(8-2-3-8)4-5-17-11-9(13)6-14-7-10(11)15-12(17)18/h6-8H,2-5H2,1H3,(H,15,18). The van der Waals surface area contributed by atoms with Crippen LogP contribution in [0.4, 0.5) is 0 Å². The van der Waals surface area contributed by atoms with Crippen molar-refractivity contribution in [3.05, 3.63) is 22.2 Å². The summed E-state index contributed by atoms with van der Waals surface area (Å²) in [6, 6.07) is 0.765. The molecule has 1 aliphatic rings. The number of nitrogens with zero attached hydrogens (tertiary/aromatic N) is 3. The van der Waals surface area contributed by atoms with E-state index in [1.54, 1.807) is 12.4 Å². The number of hydrogen-bond donors (Lipinski definition) is 1. The molecule has 4 nitrogen and oxygen atoms in total. The molecule has 0 amide bonds. The third-order valence-electron chi connectivity index (χ3n) is 3.48. The maximum atomic E-state index is 6.20. The second-order valence-electron chi connectivity index (χ2n) is 4.81. The van der Waals surface area contributed by atoms with Crippen LogP contribution in [0.2, 0.25) is 5.02 Å². The fourth-order valence-electron chi connectivity index (χ4n) is 2.25. The number of aromatic nitrogens is 3. The zero-order chi connectivity index (χ0) is 12.7. The second kappa shape index (κ2) is 4.64. The van der Waals surface area contributed by atoms with E-state index in [9.17, 15) is 0 Å². The van der Waals surface area contributed by atoms with E-state index in [-0.39, 0.29) is 0 Å². The molecule has 1 saturated carbocycles. The van der Waals surface area contributed by atoms with Crippen LogP contribution < -0.4 is 0 Å². The molecule has 0 atom stereocenters. The summed E-state index contributed by atoms with van der Waals surface area (Å²) in [6.45, 7) is 1.85. The van der Waals surface area contributed by atoms with Crippen LogP contribution in [0.15, 0.2) is 12.4 Å². The van der Waals surface area contributed by atoms with Crippen LogP contribution in [-0.2, 0) is 6.54 Å². The van der Waals surface area contributed by atoms with Gasteiger partial charge in [-0.15, -0.1) is 0 Å². The molecule has 0 radical (unpaired) electrons. The molecular weight excluding hydrogens is 268 g/mol. The van der Waals surface area contributed by atoms with E-state index in [1.165, 1.54) is 12.8 Å². The van der Waals surface area contributed by atoms with E-state index in [1.807, 2.05) is 0 Å². The minimum atomic E-state index is 0.647. The van der Waals surface area contributed by atoms with Gasteiger partial charge in [-0.1, -0.05) is 11.6 Å². The Labute approximate surface area is 116 Å². The number of likely N-dealkylation sites (N-methyl/N-ethyl adjacent to an activating group) is 1. The highest BCUT2D eigenvalue weighted by Crippen LogP contribution is 2.26. The largest absolute Gasteiger partial charge is 0.329 e. The van der Waals surface area contributed by atoms with Crippen LogP contribution in [0.1, 0.15) is 12.8 Å².